The quantitative estimate of drug-likeness (QED) is 0.739. The zero-order valence-corrected chi connectivity index (χ0v) is 14.1. The summed E-state index contributed by atoms with van der Waals surface area (Å²) in [5.41, 5.74) is 5.21. The summed E-state index contributed by atoms with van der Waals surface area (Å²) in [5.74, 6) is 0.275. The van der Waals surface area contributed by atoms with Crippen LogP contribution in [0.5, 0.6) is 5.75 Å². The summed E-state index contributed by atoms with van der Waals surface area (Å²) in [5, 5.41) is 18.4. The summed E-state index contributed by atoms with van der Waals surface area (Å²) in [7, 11) is 1.50. The summed E-state index contributed by atoms with van der Waals surface area (Å²) >= 11 is 0. The summed E-state index contributed by atoms with van der Waals surface area (Å²) in [6, 6.07) is 5.32. The maximum Gasteiger partial charge on any atom is 0.416 e. The molecule has 0 saturated heterocycles. The molecule has 0 unspecified atom stereocenters. The van der Waals surface area contributed by atoms with Gasteiger partial charge in [0.05, 0.1) is 11.1 Å². The van der Waals surface area contributed by atoms with Crippen molar-refractivity contribution in [3.63, 3.8) is 0 Å². The van der Waals surface area contributed by atoms with Gasteiger partial charge in [-0.25, -0.2) is 0 Å². The fourth-order valence-electron chi connectivity index (χ4n) is 2.67. The van der Waals surface area contributed by atoms with Gasteiger partial charge in [-0.3, -0.25) is 0 Å². The molecule has 2 aromatic heterocycles. The van der Waals surface area contributed by atoms with Gasteiger partial charge in [0.2, 0.25) is 0 Å². The van der Waals surface area contributed by atoms with Crippen molar-refractivity contribution in [3.05, 3.63) is 47.4 Å². The zero-order chi connectivity index (χ0) is 18.8. The van der Waals surface area contributed by atoms with Crippen LogP contribution in [-0.4, -0.2) is 26.8 Å². The molecule has 0 spiro atoms. The molecule has 134 valence electrons. The molecule has 0 bridgehead atoms. The summed E-state index contributed by atoms with van der Waals surface area (Å²) in [6.07, 6.45) is -2.04. The molecule has 3 N–H and O–H groups in total. The van der Waals surface area contributed by atoms with E-state index in [1.807, 2.05) is 17.5 Å². The minimum Gasteiger partial charge on any atom is -0.507 e. The molecule has 0 aliphatic heterocycles. The smallest absolute Gasteiger partial charge is 0.416 e. The first-order valence-electron chi connectivity index (χ1n) is 7.64. The van der Waals surface area contributed by atoms with Crippen LogP contribution in [0.4, 0.5) is 13.2 Å². The van der Waals surface area contributed by atoms with E-state index >= 15 is 0 Å². The highest BCUT2D eigenvalue weighted by Crippen LogP contribution is 2.39. The molecule has 25 heavy (non-hydrogen) atoms. The largest absolute Gasteiger partial charge is 0.507 e. The van der Waals surface area contributed by atoms with Crippen molar-refractivity contribution < 1.29 is 18.3 Å². The second-order valence-corrected chi connectivity index (χ2v) is 5.27. The molecule has 0 amide bonds. The van der Waals surface area contributed by atoms with Gasteiger partial charge in [0.15, 0.2) is 0 Å². The average molecular weight is 352 g/mol. The van der Waals surface area contributed by atoms with Gasteiger partial charge in [-0.05, 0) is 43.8 Å². The van der Waals surface area contributed by atoms with E-state index in [1.165, 1.54) is 14.0 Å². The van der Waals surface area contributed by atoms with E-state index in [4.69, 9.17) is 0 Å². The van der Waals surface area contributed by atoms with Crippen molar-refractivity contribution in [2.75, 3.05) is 7.05 Å². The molecule has 0 aliphatic rings. The second kappa shape index (κ2) is 7.10. The summed E-state index contributed by atoms with van der Waals surface area (Å²) in [6.45, 7) is 3.45. The van der Waals surface area contributed by atoms with Crippen LogP contribution in [0, 0.1) is 6.92 Å². The second-order valence-electron chi connectivity index (χ2n) is 5.27. The number of hydrogen-bond donors (Lipinski definition) is 2. The third-order valence-corrected chi connectivity index (χ3v) is 3.73. The number of nitrogens with two attached hydrogens (primary N) is 1. The number of aromatic hydroxyl groups is 1. The number of aromatic nitrogens is 3. The Balaban J connectivity index is 0.00000109. The molecule has 2 heterocycles. The van der Waals surface area contributed by atoms with E-state index in [9.17, 15) is 18.3 Å². The van der Waals surface area contributed by atoms with Crippen LogP contribution in [0.25, 0.3) is 16.8 Å². The van der Waals surface area contributed by atoms with Crippen LogP contribution in [0.15, 0.2) is 30.5 Å². The number of phenolic OH excluding ortho intramolecular Hbond substituents is 1. The number of fused-ring (bicyclic) bond motifs is 1. The van der Waals surface area contributed by atoms with E-state index in [-0.39, 0.29) is 5.56 Å². The normalized spacial score (nSPS) is 11.3. The van der Waals surface area contributed by atoms with Crippen molar-refractivity contribution in [2.45, 2.75) is 26.4 Å². The number of alkyl halides is 3. The topological polar surface area (TPSA) is 76.4 Å². The molecule has 1 aromatic carbocycles. The lowest BCUT2D eigenvalue weighted by Crippen LogP contribution is -2.07. The highest BCUT2D eigenvalue weighted by atomic mass is 19.4. The Labute approximate surface area is 142 Å². The van der Waals surface area contributed by atoms with Crippen molar-refractivity contribution in [1.82, 2.24) is 14.6 Å². The number of nitrogens with zero attached hydrogens (tertiary/aromatic N) is 3. The average Bonchev–Trinajstić information content (AvgIpc) is 3.05. The van der Waals surface area contributed by atoms with Crippen LogP contribution < -0.4 is 5.73 Å². The van der Waals surface area contributed by atoms with Crippen LogP contribution in [0.2, 0.25) is 0 Å². The Morgan fingerprint density at radius 3 is 2.44 bits per heavy atom. The van der Waals surface area contributed by atoms with Crippen molar-refractivity contribution in [2.24, 2.45) is 5.73 Å². The highest BCUT2D eigenvalue weighted by Gasteiger charge is 2.32. The molecule has 8 heteroatoms. The maximum absolute atomic E-state index is 12.8. The fraction of sp³-hybridized carbons (Fsp3) is 0.294. The molecular formula is C17H19F3N4O. The predicted octanol–water partition coefficient (Wildman–Crippen LogP) is 3.57. The van der Waals surface area contributed by atoms with Crippen LogP contribution in [0.3, 0.4) is 0 Å². The van der Waals surface area contributed by atoms with Crippen molar-refractivity contribution >= 4 is 5.52 Å². The molecule has 5 nitrogen and oxygen atoms in total. The van der Waals surface area contributed by atoms with E-state index in [2.05, 4.69) is 15.9 Å². The molecule has 0 radical (unpaired) electrons. The standard InChI is InChI=1S/C16H14F3N3O.CH5N/c1-3-13-20-21-15(11-5-4-6-22(11)13)14-9(2)7-10(8-12(14)23)16(17,18)19;1-2/h4-8,23H,3H2,1-2H3;2H2,1H3. The van der Waals surface area contributed by atoms with Crippen LogP contribution in [0.1, 0.15) is 23.9 Å². The monoisotopic (exact) mass is 352 g/mol. The Bertz CT molecular complexity index is 864. The molecule has 0 fully saturated rings. The zero-order valence-electron chi connectivity index (χ0n) is 14.1. The van der Waals surface area contributed by atoms with Gasteiger partial charge in [-0.2, -0.15) is 13.2 Å². The molecule has 3 aromatic rings. The number of halogens is 3. The Morgan fingerprint density at radius 2 is 1.88 bits per heavy atom. The highest BCUT2D eigenvalue weighted by molar-refractivity contribution is 5.82. The Hall–Kier alpha value is -2.61. The number of rotatable bonds is 2. The van der Waals surface area contributed by atoms with E-state index in [0.717, 1.165) is 18.0 Å². The van der Waals surface area contributed by atoms with Gasteiger partial charge in [-0.15, -0.1) is 10.2 Å². The number of aryl methyl sites for hydroxylation is 2. The van der Waals surface area contributed by atoms with Crippen LogP contribution >= 0.6 is 0 Å². The molecule has 0 atom stereocenters. The van der Waals surface area contributed by atoms with E-state index < -0.39 is 17.5 Å². The number of hydrogen-bond acceptors (Lipinski definition) is 4. The third kappa shape index (κ3) is 3.43. The van der Waals surface area contributed by atoms with Gasteiger partial charge in [0, 0.05) is 18.2 Å². The van der Waals surface area contributed by atoms with Gasteiger partial charge >= 0.3 is 6.18 Å². The number of benzene rings is 1. The fourth-order valence-corrected chi connectivity index (χ4v) is 2.67. The third-order valence-electron chi connectivity index (χ3n) is 3.73. The first-order valence-corrected chi connectivity index (χ1v) is 7.64. The molecule has 3 rings (SSSR count). The number of phenols is 1. The lowest BCUT2D eigenvalue weighted by molar-refractivity contribution is -0.137. The summed E-state index contributed by atoms with van der Waals surface area (Å²) < 4.78 is 40.3. The molecular weight excluding hydrogens is 333 g/mol. The van der Waals surface area contributed by atoms with Gasteiger partial charge < -0.3 is 15.2 Å². The Morgan fingerprint density at radius 1 is 1.20 bits per heavy atom. The maximum atomic E-state index is 12.8. The van der Waals surface area contributed by atoms with Crippen molar-refractivity contribution in [1.29, 1.82) is 0 Å². The first kappa shape index (κ1) is 18.7. The molecule has 0 saturated carbocycles. The minimum absolute atomic E-state index is 0.261. The van der Waals surface area contributed by atoms with Gasteiger partial charge in [0.1, 0.15) is 17.3 Å². The van der Waals surface area contributed by atoms with E-state index in [0.29, 0.717) is 23.2 Å². The van der Waals surface area contributed by atoms with Gasteiger partial charge in [0.25, 0.3) is 0 Å². The van der Waals surface area contributed by atoms with Gasteiger partial charge in [-0.1, -0.05) is 6.92 Å². The minimum atomic E-state index is -4.51. The lowest BCUT2D eigenvalue weighted by atomic mass is 10.00. The van der Waals surface area contributed by atoms with Crippen molar-refractivity contribution in [3.8, 4) is 17.0 Å². The Kier molecular flexibility index (Phi) is 5.32. The molecule has 0 aliphatic carbocycles. The van der Waals surface area contributed by atoms with Crippen LogP contribution in [-0.2, 0) is 12.6 Å². The summed E-state index contributed by atoms with van der Waals surface area (Å²) in [4.78, 5) is 0. The lowest BCUT2D eigenvalue weighted by Gasteiger charge is -2.14. The first-order chi connectivity index (χ1) is 11.8. The van der Waals surface area contributed by atoms with E-state index in [1.54, 1.807) is 12.1 Å². The predicted molar refractivity (Wildman–Crippen MR) is 89.3 cm³/mol. The SMILES string of the molecule is CCc1nnc(-c2c(C)cc(C(F)(F)F)cc2O)c2cccn12.CN.